The molecule has 4 aromatic heterocycles. The van der Waals surface area contributed by atoms with E-state index in [1.54, 1.807) is 45.4 Å². The highest BCUT2D eigenvalue weighted by Crippen LogP contribution is 2.46. The van der Waals surface area contributed by atoms with Gasteiger partial charge in [0.15, 0.2) is 11.6 Å². The van der Waals surface area contributed by atoms with Gasteiger partial charge in [0.25, 0.3) is 5.56 Å². The first-order valence-corrected chi connectivity index (χ1v) is 16.7. The van der Waals surface area contributed by atoms with Crippen LogP contribution in [-0.4, -0.2) is 90.2 Å². The van der Waals surface area contributed by atoms with E-state index in [1.165, 1.54) is 10.5 Å². The predicted molar refractivity (Wildman–Crippen MR) is 187 cm³/mol. The Balaban J connectivity index is 1.31. The van der Waals surface area contributed by atoms with Gasteiger partial charge < -0.3 is 35.3 Å². The first kappa shape index (κ1) is 33.4. The number of H-pyrrole nitrogens is 1. The second-order valence-corrected chi connectivity index (χ2v) is 13.5. The van der Waals surface area contributed by atoms with Crippen molar-refractivity contribution in [1.82, 2.24) is 19.3 Å². The summed E-state index contributed by atoms with van der Waals surface area (Å²) in [5, 5.41) is 3.52. The number of nitrogens with zero attached hydrogens (tertiary/aromatic N) is 4. The number of hydrogen-bond acceptors (Lipinski definition) is 10. The van der Waals surface area contributed by atoms with Gasteiger partial charge in [-0.15, -0.1) is 0 Å². The third kappa shape index (κ3) is 5.61. The van der Waals surface area contributed by atoms with Crippen molar-refractivity contribution in [3.8, 4) is 11.1 Å². The Hall–Kier alpha value is -5.08. The van der Waals surface area contributed by atoms with Crippen LogP contribution in [-0.2, 0) is 14.3 Å². The number of carbonyl (C=O) groups excluding carboxylic acids is 2. The standard InChI is InChI=1S/C36H39F2N7O5/c1-18(2)30(39)36(48)50-12-11-49-35(47)22-8-7-21-6-5-19(16-45(21)34(22)46)23-14-41-33-28(27-29(38)24(37)13-25(40-3)31(27)42-33)32(23)44-10-9-20-15-43(4)17-26(20)44/h5-8,13-14,16,18,20,26,30,40H,9-12,15,17,39H2,1-4H3,(H,41,42)/t20-,26+,30-/m0/s1. The molecule has 2 aliphatic rings. The molecule has 4 N–H and O–H groups in total. The zero-order chi connectivity index (χ0) is 35.4. The van der Waals surface area contributed by atoms with E-state index in [4.69, 9.17) is 15.2 Å². The number of halogens is 2. The van der Waals surface area contributed by atoms with E-state index in [1.807, 2.05) is 6.07 Å². The zero-order valence-electron chi connectivity index (χ0n) is 28.3. The van der Waals surface area contributed by atoms with Crippen molar-refractivity contribution in [1.29, 1.82) is 0 Å². The smallest absolute Gasteiger partial charge is 0.343 e. The maximum atomic E-state index is 15.8. The van der Waals surface area contributed by atoms with Gasteiger partial charge in [-0.05, 0) is 43.5 Å². The van der Waals surface area contributed by atoms with Crippen molar-refractivity contribution >= 4 is 50.8 Å². The lowest BCUT2D eigenvalue weighted by Gasteiger charge is -2.29. The molecule has 262 valence electrons. The number of hydrogen-bond donors (Lipinski definition) is 3. The number of esters is 2. The lowest BCUT2D eigenvalue weighted by atomic mass is 10.00. The van der Waals surface area contributed by atoms with Gasteiger partial charge in [0, 0.05) is 67.8 Å². The number of nitrogens with one attached hydrogen (secondary N) is 2. The second kappa shape index (κ2) is 13.0. The van der Waals surface area contributed by atoms with Gasteiger partial charge in [-0.1, -0.05) is 19.9 Å². The van der Waals surface area contributed by atoms with Gasteiger partial charge in [0.2, 0.25) is 0 Å². The van der Waals surface area contributed by atoms with Gasteiger partial charge in [0.1, 0.15) is 30.5 Å². The summed E-state index contributed by atoms with van der Waals surface area (Å²) in [5.74, 6) is -3.13. The highest BCUT2D eigenvalue weighted by atomic mass is 19.2. The molecule has 0 saturated carbocycles. The predicted octanol–water partition coefficient (Wildman–Crippen LogP) is 4.14. The molecule has 50 heavy (non-hydrogen) atoms. The Labute approximate surface area is 286 Å². The van der Waals surface area contributed by atoms with Gasteiger partial charge >= 0.3 is 11.9 Å². The molecule has 2 aliphatic heterocycles. The molecule has 0 unspecified atom stereocenters. The highest BCUT2D eigenvalue weighted by molar-refractivity contribution is 6.18. The summed E-state index contributed by atoms with van der Waals surface area (Å²) in [7, 11) is 3.72. The molecule has 1 aromatic carbocycles. The molecule has 0 radical (unpaired) electrons. The van der Waals surface area contributed by atoms with Crippen molar-refractivity contribution in [3.05, 3.63) is 70.3 Å². The van der Waals surface area contributed by atoms with Gasteiger partial charge in [-0.3, -0.25) is 14.0 Å². The lowest BCUT2D eigenvalue weighted by Crippen LogP contribution is -2.37. The topological polar surface area (TPSA) is 147 Å². The number of nitrogens with two attached hydrogens (primary N) is 1. The van der Waals surface area contributed by atoms with Crippen LogP contribution in [0.15, 0.2) is 47.5 Å². The highest BCUT2D eigenvalue weighted by Gasteiger charge is 2.42. The minimum Gasteiger partial charge on any atom is -0.461 e. The van der Waals surface area contributed by atoms with Crippen molar-refractivity contribution in [2.75, 3.05) is 57.2 Å². The molecule has 7 rings (SSSR count). The summed E-state index contributed by atoms with van der Waals surface area (Å²) in [4.78, 5) is 51.1. The lowest BCUT2D eigenvalue weighted by molar-refractivity contribution is -0.147. The number of carbonyl (C=O) groups is 2. The van der Waals surface area contributed by atoms with Crippen molar-refractivity contribution in [2.45, 2.75) is 32.4 Å². The molecule has 2 saturated heterocycles. The Kier molecular flexibility index (Phi) is 8.68. The minimum atomic E-state index is -0.979. The molecule has 5 aromatic rings. The monoisotopic (exact) mass is 687 g/mol. The number of likely N-dealkylation sites (N-methyl/N-ethyl adjacent to an activating group) is 1. The van der Waals surface area contributed by atoms with Gasteiger partial charge in [-0.25, -0.2) is 18.6 Å². The fourth-order valence-electron chi connectivity index (χ4n) is 7.33. The molecular formula is C36H39F2N7O5. The maximum Gasteiger partial charge on any atom is 0.343 e. The van der Waals surface area contributed by atoms with E-state index < -0.39 is 35.2 Å². The normalized spacial score (nSPS) is 18.4. The molecule has 2 fully saturated rings. The molecule has 0 bridgehead atoms. The second-order valence-electron chi connectivity index (χ2n) is 13.5. The summed E-state index contributed by atoms with van der Waals surface area (Å²) < 4.78 is 42.6. The fourth-order valence-corrected chi connectivity index (χ4v) is 7.33. The van der Waals surface area contributed by atoms with E-state index in [0.717, 1.165) is 25.6 Å². The Bertz CT molecular complexity index is 2220. The SMILES string of the molecule is CNc1cc(F)c(F)c2c1[nH]c1ncc(-c3ccc4ccc(C(=O)OCCOC(=O)[C@@H](N)C(C)C)c(=O)n4c3)c(N3CC[C@H]4CN(C)C[C@H]43)c12. The number of rotatable bonds is 9. The average molecular weight is 688 g/mol. The molecule has 6 heterocycles. The van der Waals surface area contributed by atoms with E-state index in [-0.39, 0.29) is 36.1 Å². The first-order chi connectivity index (χ1) is 24.0. The third-order valence-electron chi connectivity index (χ3n) is 9.98. The Morgan fingerprint density at radius 2 is 1.88 bits per heavy atom. The summed E-state index contributed by atoms with van der Waals surface area (Å²) >= 11 is 0. The summed E-state index contributed by atoms with van der Waals surface area (Å²) in [6, 6.07) is 7.08. The number of aromatic amines is 1. The minimum absolute atomic E-state index is 0.100. The summed E-state index contributed by atoms with van der Waals surface area (Å²) in [6.45, 7) is 5.57. The van der Waals surface area contributed by atoms with E-state index in [9.17, 15) is 14.4 Å². The number of aromatic nitrogens is 3. The molecule has 0 amide bonds. The van der Waals surface area contributed by atoms with Crippen molar-refractivity contribution < 1.29 is 27.8 Å². The number of anilines is 2. The molecular weight excluding hydrogens is 648 g/mol. The van der Waals surface area contributed by atoms with Crippen molar-refractivity contribution in [2.24, 2.45) is 17.6 Å². The van der Waals surface area contributed by atoms with Crippen LogP contribution in [0.25, 0.3) is 38.6 Å². The van der Waals surface area contributed by atoms with Crippen LogP contribution in [0.1, 0.15) is 30.6 Å². The van der Waals surface area contributed by atoms with Crippen LogP contribution in [0.4, 0.5) is 20.2 Å². The number of fused-ring (bicyclic) bond motifs is 5. The van der Waals surface area contributed by atoms with Gasteiger partial charge in [0.05, 0.1) is 27.7 Å². The number of likely N-dealkylation sites (tertiary alicyclic amines) is 1. The van der Waals surface area contributed by atoms with E-state index in [0.29, 0.717) is 57.0 Å². The molecule has 0 aliphatic carbocycles. The van der Waals surface area contributed by atoms with Crippen LogP contribution in [0.3, 0.4) is 0 Å². The quantitative estimate of drug-likeness (QED) is 0.153. The van der Waals surface area contributed by atoms with Crippen LogP contribution in [0.5, 0.6) is 0 Å². The Morgan fingerprint density at radius 1 is 1.12 bits per heavy atom. The fraction of sp³-hybridized carbons (Fsp3) is 0.389. The van der Waals surface area contributed by atoms with Crippen LogP contribution >= 0.6 is 0 Å². The molecule has 3 atom stereocenters. The third-order valence-corrected chi connectivity index (χ3v) is 9.98. The number of benzene rings is 1. The Morgan fingerprint density at radius 3 is 2.64 bits per heavy atom. The first-order valence-electron chi connectivity index (χ1n) is 16.7. The number of pyridine rings is 3. The largest absolute Gasteiger partial charge is 0.461 e. The molecule has 0 spiro atoms. The van der Waals surface area contributed by atoms with E-state index in [2.05, 4.69) is 32.1 Å². The van der Waals surface area contributed by atoms with Crippen LogP contribution in [0.2, 0.25) is 0 Å². The zero-order valence-corrected chi connectivity index (χ0v) is 28.3. The van der Waals surface area contributed by atoms with Crippen molar-refractivity contribution in [3.63, 3.8) is 0 Å². The average Bonchev–Trinajstić information content (AvgIpc) is 3.79. The maximum absolute atomic E-state index is 15.8. The number of ether oxygens (including phenoxy) is 2. The molecule has 12 nitrogen and oxygen atoms in total. The van der Waals surface area contributed by atoms with Crippen LogP contribution in [0, 0.1) is 23.5 Å². The van der Waals surface area contributed by atoms with Gasteiger partial charge in [-0.2, -0.15) is 0 Å². The summed E-state index contributed by atoms with van der Waals surface area (Å²) in [6.07, 6.45) is 4.24. The molecule has 14 heteroatoms. The summed E-state index contributed by atoms with van der Waals surface area (Å²) in [5.41, 5.74) is 8.65. The van der Waals surface area contributed by atoms with E-state index >= 15 is 8.78 Å². The van der Waals surface area contributed by atoms with Crippen LogP contribution < -0.4 is 21.5 Å².